The van der Waals surface area contributed by atoms with Gasteiger partial charge in [-0.1, -0.05) is 60.7 Å². The van der Waals surface area contributed by atoms with Gasteiger partial charge in [0.25, 0.3) is 0 Å². The lowest BCUT2D eigenvalue weighted by atomic mass is 10.1. The van der Waals surface area contributed by atoms with Crippen molar-refractivity contribution in [3.63, 3.8) is 0 Å². The van der Waals surface area contributed by atoms with Gasteiger partial charge in [-0.3, -0.25) is 9.89 Å². The molecule has 2 N–H and O–H groups in total. The summed E-state index contributed by atoms with van der Waals surface area (Å²) < 4.78 is 4.90. The molecule has 23 heavy (non-hydrogen) atoms. The van der Waals surface area contributed by atoms with Gasteiger partial charge in [-0.15, -0.1) is 0 Å². The number of hydrogen-bond donors (Lipinski definition) is 2. The Kier molecular flexibility index (Phi) is 4.49. The average Bonchev–Trinajstić information content (AvgIpc) is 3.00. The van der Waals surface area contributed by atoms with E-state index < -0.39 is 0 Å². The number of aromatic nitrogens is 2. The molecule has 3 rings (SSSR count). The molecule has 0 fully saturated rings. The Morgan fingerprint density at radius 3 is 2.26 bits per heavy atom. The number of ether oxygens (including phenoxy) is 1. The first kappa shape index (κ1) is 15.0. The molecule has 1 aromatic heterocycles. The van der Waals surface area contributed by atoms with Crippen molar-refractivity contribution in [1.82, 2.24) is 10.2 Å². The fourth-order valence-electron chi connectivity index (χ4n) is 2.39. The Labute approximate surface area is 134 Å². The molecule has 0 bridgehead atoms. The van der Waals surface area contributed by atoms with E-state index in [1.54, 1.807) is 0 Å². The molecule has 0 saturated carbocycles. The smallest absolute Gasteiger partial charge is 0.250 e. The zero-order valence-electron chi connectivity index (χ0n) is 12.7. The third-order valence-corrected chi connectivity index (χ3v) is 3.42. The summed E-state index contributed by atoms with van der Waals surface area (Å²) in [6.07, 6.45) is 0. The molecular formula is C18H17N3O2. The zero-order chi connectivity index (χ0) is 16.1. The quantitative estimate of drug-likeness (QED) is 0.760. The van der Waals surface area contributed by atoms with E-state index in [2.05, 4.69) is 15.5 Å². The van der Waals surface area contributed by atoms with Crippen molar-refractivity contribution in [3.8, 4) is 22.5 Å². The van der Waals surface area contributed by atoms with E-state index in [1.807, 2.05) is 60.7 Å². The maximum absolute atomic E-state index is 12.0. The van der Waals surface area contributed by atoms with E-state index in [-0.39, 0.29) is 12.5 Å². The monoisotopic (exact) mass is 307 g/mol. The number of hydrogen-bond acceptors (Lipinski definition) is 3. The first-order chi connectivity index (χ1) is 11.3. The van der Waals surface area contributed by atoms with Crippen LogP contribution in [-0.2, 0) is 9.53 Å². The molecule has 0 spiro atoms. The maximum atomic E-state index is 12.0. The van der Waals surface area contributed by atoms with Crippen LogP contribution >= 0.6 is 0 Å². The highest BCUT2D eigenvalue weighted by molar-refractivity contribution is 6.00. The highest BCUT2D eigenvalue weighted by Crippen LogP contribution is 2.34. The van der Waals surface area contributed by atoms with E-state index in [0.717, 1.165) is 16.8 Å². The molecule has 0 radical (unpaired) electrons. The fraction of sp³-hybridized carbons (Fsp3) is 0.111. The summed E-state index contributed by atoms with van der Waals surface area (Å²) in [4.78, 5) is 12.0. The molecule has 1 heterocycles. The number of amides is 1. The number of aromatic amines is 1. The van der Waals surface area contributed by atoms with Crippen LogP contribution in [0.4, 0.5) is 5.69 Å². The van der Waals surface area contributed by atoms with Gasteiger partial charge in [0.15, 0.2) is 0 Å². The van der Waals surface area contributed by atoms with Crippen LogP contribution in [0.3, 0.4) is 0 Å². The summed E-state index contributed by atoms with van der Waals surface area (Å²) in [5, 5.41) is 10.3. The van der Waals surface area contributed by atoms with Gasteiger partial charge in [0.05, 0.1) is 11.4 Å². The van der Waals surface area contributed by atoms with Crippen molar-refractivity contribution in [3.05, 3.63) is 60.7 Å². The first-order valence-electron chi connectivity index (χ1n) is 7.27. The number of rotatable bonds is 5. The van der Waals surface area contributed by atoms with E-state index in [1.165, 1.54) is 7.11 Å². The fourth-order valence-corrected chi connectivity index (χ4v) is 2.39. The van der Waals surface area contributed by atoms with Crippen molar-refractivity contribution in [2.45, 2.75) is 0 Å². The van der Waals surface area contributed by atoms with E-state index >= 15 is 0 Å². The Morgan fingerprint density at radius 1 is 1.04 bits per heavy atom. The lowest BCUT2D eigenvalue weighted by Crippen LogP contribution is -2.17. The van der Waals surface area contributed by atoms with Crippen LogP contribution in [0.5, 0.6) is 0 Å². The van der Waals surface area contributed by atoms with Gasteiger partial charge in [-0.2, -0.15) is 5.10 Å². The molecule has 116 valence electrons. The Bertz CT molecular complexity index is 726. The van der Waals surface area contributed by atoms with E-state index in [9.17, 15) is 4.79 Å². The zero-order valence-corrected chi connectivity index (χ0v) is 12.7. The number of H-pyrrole nitrogens is 1. The van der Waals surface area contributed by atoms with E-state index in [0.29, 0.717) is 11.4 Å². The van der Waals surface area contributed by atoms with Gasteiger partial charge in [0, 0.05) is 18.2 Å². The lowest BCUT2D eigenvalue weighted by molar-refractivity contribution is -0.119. The molecule has 3 aromatic rings. The van der Waals surface area contributed by atoms with Crippen LogP contribution in [0.15, 0.2) is 60.7 Å². The first-order valence-corrected chi connectivity index (χ1v) is 7.27. The molecule has 1 amide bonds. The number of carbonyl (C=O) groups is 1. The van der Waals surface area contributed by atoms with Crippen LogP contribution in [0, 0.1) is 0 Å². The number of anilines is 1. The van der Waals surface area contributed by atoms with Gasteiger partial charge >= 0.3 is 0 Å². The van der Waals surface area contributed by atoms with Gasteiger partial charge < -0.3 is 10.1 Å². The summed E-state index contributed by atoms with van der Waals surface area (Å²) in [6, 6.07) is 19.5. The SMILES string of the molecule is COCC(=O)Nc1c(-c2ccccc2)n[nH]c1-c1ccccc1. The molecule has 0 unspecified atom stereocenters. The predicted molar refractivity (Wildman–Crippen MR) is 90.0 cm³/mol. The van der Waals surface area contributed by atoms with Crippen molar-refractivity contribution in [2.75, 3.05) is 19.0 Å². The van der Waals surface area contributed by atoms with Crippen LogP contribution < -0.4 is 5.32 Å². The third kappa shape index (κ3) is 3.30. The third-order valence-electron chi connectivity index (χ3n) is 3.42. The summed E-state index contributed by atoms with van der Waals surface area (Å²) in [7, 11) is 1.49. The second kappa shape index (κ2) is 6.89. The predicted octanol–water partition coefficient (Wildman–Crippen LogP) is 3.33. The Morgan fingerprint density at radius 2 is 1.65 bits per heavy atom. The van der Waals surface area contributed by atoms with Crippen LogP contribution in [0.25, 0.3) is 22.5 Å². The highest BCUT2D eigenvalue weighted by Gasteiger charge is 2.18. The van der Waals surface area contributed by atoms with Gasteiger partial charge in [-0.05, 0) is 0 Å². The normalized spacial score (nSPS) is 10.5. The topological polar surface area (TPSA) is 67.0 Å². The van der Waals surface area contributed by atoms with Gasteiger partial charge in [-0.25, -0.2) is 0 Å². The summed E-state index contributed by atoms with van der Waals surface area (Å²) in [5.41, 5.74) is 4.01. The minimum absolute atomic E-state index is 0.00631. The number of nitrogens with one attached hydrogen (secondary N) is 2. The summed E-state index contributed by atoms with van der Waals surface area (Å²) in [6.45, 7) is -0.00631. The molecule has 0 aliphatic carbocycles. The Hall–Kier alpha value is -2.92. The maximum Gasteiger partial charge on any atom is 0.250 e. The Balaban J connectivity index is 2.07. The molecule has 0 aliphatic rings. The largest absolute Gasteiger partial charge is 0.375 e. The summed E-state index contributed by atoms with van der Waals surface area (Å²) in [5.74, 6) is -0.219. The molecule has 0 saturated heterocycles. The second-order valence-corrected chi connectivity index (χ2v) is 5.04. The van der Waals surface area contributed by atoms with Gasteiger partial charge in [0.1, 0.15) is 12.3 Å². The lowest BCUT2D eigenvalue weighted by Gasteiger charge is -2.08. The molecule has 0 atom stereocenters. The summed E-state index contributed by atoms with van der Waals surface area (Å²) >= 11 is 0. The van der Waals surface area contributed by atoms with Gasteiger partial charge in [0.2, 0.25) is 5.91 Å². The molecule has 2 aromatic carbocycles. The average molecular weight is 307 g/mol. The number of nitrogens with zero attached hydrogens (tertiary/aromatic N) is 1. The van der Waals surface area contributed by atoms with Crippen LogP contribution in [-0.4, -0.2) is 29.8 Å². The van der Waals surface area contributed by atoms with Crippen LogP contribution in [0.2, 0.25) is 0 Å². The van der Waals surface area contributed by atoms with Crippen molar-refractivity contribution < 1.29 is 9.53 Å². The van der Waals surface area contributed by atoms with E-state index in [4.69, 9.17) is 4.74 Å². The highest BCUT2D eigenvalue weighted by atomic mass is 16.5. The number of carbonyl (C=O) groups excluding carboxylic acids is 1. The minimum atomic E-state index is -0.219. The van der Waals surface area contributed by atoms with Crippen molar-refractivity contribution >= 4 is 11.6 Å². The standard InChI is InChI=1S/C18H17N3O2/c1-23-12-15(22)19-18-16(13-8-4-2-5-9-13)20-21-17(18)14-10-6-3-7-11-14/h2-11H,12H2,1H3,(H,19,22)(H,20,21). The minimum Gasteiger partial charge on any atom is -0.375 e. The second-order valence-electron chi connectivity index (χ2n) is 5.04. The molecule has 5 nitrogen and oxygen atoms in total. The van der Waals surface area contributed by atoms with Crippen molar-refractivity contribution in [1.29, 1.82) is 0 Å². The molecule has 5 heteroatoms. The van der Waals surface area contributed by atoms with Crippen molar-refractivity contribution in [2.24, 2.45) is 0 Å². The number of benzene rings is 2. The molecular weight excluding hydrogens is 290 g/mol. The van der Waals surface area contributed by atoms with Crippen LogP contribution in [0.1, 0.15) is 0 Å². The molecule has 0 aliphatic heterocycles. The number of methoxy groups -OCH3 is 1.